The number of nitrogens with two attached hydrogens (primary N) is 1. The van der Waals surface area contributed by atoms with Crippen molar-refractivity contribution in [3.63, 3.8) is 0 Å². The number of likely N-dealkylation sites (tertiary alicyclic amines) is 1. The van der Waals surface area contributed by atoms with Crippen LogP contribution in [0.4, 0.5) is 0 Å². The second-order valence-electron chi connectivity index (χ2n) is 6.34. The lowest BCUT2D eigenvalue weighted by Crippen LogP contribution is -2.50. The fourth-order valence-corrected chi connectivity index (χ4v) is 3.34. The molecule has 1 aromatic heterocycles. The zero-order chi connectivity index (χ0) is 16.6. The van der Waals surface area contributed by atoms with Crippen LogP contribution in [0.2, 0.25) is 0 Å². The second kappa shape index (κ2) is 6.12. The van der Waals surface area contributed by atoms with Crippen molar-refractivity contribution in [1.82, 2.24) is 14.7 Å². The highest BCUT2D eigenvalue weighted by molar-refractivity contribution is 5.95. The Bertz CT molecular complexity index is 799. The number of hydrogen-bond donors (Lipinski definition) is 1. The quantitative estimate of drug-likeness (QED) is 0.901. The zero-order valence-electron chi connectivity index (χ0n) is 13.5. The van der Waals surface area contributed by atoms with E-state index in [2.05, 4.69) is 12.0 Å². The predicted molar refractivity (Wildman–Crippen MR) is 89.3 cm³/mol. The number of piperidine rings is 1. The minimum atomic E-state index is -0.307. The van der Waals surface area contributed by atoms with Crippen molar-refractivity contribution in [3.05, 3.63) is 40.2 Å². The van der Waals surface area contributed by atoms with Crippen molar-refractivity contribution in [2.75, 3.05) is 13.1 Å². The first-order chi connectivity index (χ1) is 11.0. The normalized spacial score (nSPS) is 21.6. The lowest BCUT2D eigenvalue weighted by atomic mass is 9.92. The number of hydrogen-bond acceptors (Lipinski definition) is 4. The summed E-state index contributed by atoms with van der Waals surface area (Å²) in [6, 6.07) is 7.17. The smallest absolute Gasteiger partial charge is 0.278 e. The van der Waals surface area contributed by atoms with Gasteiger partial charge in [-0.15, -0.1) is 0 Å². The Labute approximate surface area is 134 Å². The third kappa shape index (κ3) is 2.74. The van der Waals surface area contributed by atoms with Gasteiger partial charge in [-0.25, -0.2) is 0 Å². The Morgan fingerprint density at radius 3 is 2.87 bits per heavy atom. The van der Waals surface area contributed by atoms with Crippen LogP contribution in [0.3, 0.4) is 0 Å². The molecule has 0 bridgehead atoms. The van der Waals surface area contributed by atoms with Gasteiger partial charge in [0.1, 0.15) is 0 Å². The molecule has 2 atom stereocenters. The molecule has 2 N–H and O–H groups in total. The van der Waals surface area contributed by atoms with Gasteiger partial charge in [-0.1, -0.05) is 19.1 Å². The lowest BCUT2D eigenvalue weighted by Gasteiger charge is -2.37. The van der Waals surface area contributed by atoms with Crippen molar-refractivity contribution in [3.8, 4) is 0 Å². The Morgan fingerprint density at radius 2 is 2.13 bits per heavy atom. The fourth-order valence-electron chi connectivity index (χ4n) is 3.34. The van der Waals surface area contributed by atoms with E-state index in [9.17, 15) is 9.59 Å². The van der Waals surface area contributed by atoms with Crippen molar-refractivity contribution in [1.29, 1.82) is 0 Å². The maximum absolute atomic E-state index is 12.9. The Balaban J connectivity index is 2.04. The summed E-state index contributed by atoms with van der Waals surface area (Å²) < 4.78 is 1.59. The molecule has 0 radical (unpaired) electrons. The molecule has 2 aromatic rings. The molecular formula is C17H22N4O2. The monoisotopic (exact) mass is 314 g/mol. The lowest BCUT2D eigenvalue weighted by molar-refractivity contribution is 0.0564. The van der Waals surface area contributed by atoms with Gasteiger partial charge in [0.25, 0.3) is 5.91 Å². The summed E-state index contributed by atoms with van der Waals surface area (Å²) in [5.41, 5.74) is 6.23. The van der Waals surface area contributed by atoms with Gasteiger partial charge in [-0.3, -0.25) is 14.3 Å². The van der Waals surface area contributed by atoms with E-state index in [0.29, 0.717) is 24.4 Å². The van der Waals surface area contributed by atoms with Crippen LogP contribution in [0.1, 0.15) is 30.3 Å². The van der Waals surface area contributed by atoms with Crippen LogP contribution in [0, 0.1) is 5.92 Å². The second-order valence-corrected chi connectivity index (χ2v) is 6.34. The Morgan fingerprint density at radius 1 is 1.39 bits per heavy atom. The molecule has 1 fully saturated rings. The number of fused-ring (bicyclic) bond motifs is 1. The van der Waals surface area contributed by atoms with E-state index < -0.39 is 0 Å². The van der Waals surface area contributed by atoms with Crippen LogP contribution >= 0.6 is 0 Å². The minimum Gasteiger partial charge on any atom is -0.333 e. The molecule has 1 amide bonds. The molecule has 1 aliphatic rings. The van der Waals surface area contributed by atoms with Crippen LogP contribution < -0.4 is 11.2 Å². The van der Waals surface area contributed by atoms with Gasteiger partial charge in [0.15, 0.2) is 5.69 Å². The molecule has 6 heteroatoms. The number of carbonyl (C=O) groups excluding carboxylic acids is 1. The molecule has 23 heavy (non-hydrogen) atoms. The van der Waals surface area contributed by atoms with Crippen LogP contribution in [-0.4, -0.2) is 39.7 Å². The largest absolute Gasteiger partial charge is 0.333 e. The average Bonchev–Trinajstić information content (AvgIpc) is 2.57. The summed E-state index contributed by atoms with van der Waals surface area (Å²) in [6.45, 7) is 3.20. The van der Waals surface area contributed by atoms with E-state index >= 15 is 0 Å². The van der Waals surface area contributed by atoms with Gasteiger partial charge in [0, 0.05) is 31.6 Å². The maximum Gasteiger partial charge on any atom is 0.278 e. The van der Waals surface area contributed by atoms with Crippen molar-refractivity contribution in [2.24, 2.45) is 18.7 Å². The number of aryl methyl sites for hydroxylation is 1. The first-order valence-corrected chi connectivity index (χ1v) is 8.00. The first-order valence-electron chi connectivity index (χ1n) is 8.00. The standard InChI is InChI=1S/C17H22N4O2/c1-11-7-8-21(12(9-11)10-18)17(23)15-16(22)13-5-3-4-6-14(13)20(2)19-15/h3-6,11-12H,7-10,18H2,1-2H3. The molecule has 2 heterocycles. The van der Waals surface area contributed by atoms with Crippen molar-refractivity contribution >= 4 is 16.8 Å². The van der Waals surface area contributed by atoms with E-state index in [1.54, 1.807) is 28.8 Å². The molecule has 2 unspecified atom stereocenters. The third-order valence-electron chi connectivity index (χ3n) is 4.68. The number of carbonyl (C=O) groups is 1. The van der Waals surface area contributed by atoms with E-state index in [0.717, 1.165) is 18.4 Å². The zero-order valence-corrected chi connectivity index (χ0v) is 13.5. The minimum absolute atomic E-state index is 0.0146. The van der Waals surface area contributed by atoms with E-state index in [4.69, 9.17) is 5.73 Å². The molecule has 0 saturated carbocycles. The van der Waals surface area contributed by atoms with Crippen molar-refractivity contribution in [2.45, 2.75) is 25.8 Å². The van der Waals surface area contributed by atoms with E-state index in [1.807, 2.05) is 12.1 Å². The molecule has 1 saturated heterocycles. The highest BCUT2D eigenvalue weighted by Gasteiger charge is 2.32. The number of rotatable bonds is 2. The van der Waals surface area contributed by atoms with Gasteiger partial charge in [-0.05, 0) is 30.9 Å². The van der Waals surface area contributed by atoms with Crippen LogP contribution in [0.25, 0.3) is 10.9 Å². The SMILES string of the molecule is CC1CCN(C(=O)c2nn(C)c3ccccc3c2=O)C(CN)C1. The topological polar surface area (TPSA) is 81.2 Å². The number of para-hydroxylation sites is 1. The molecule has 6 nitrogen and oxygen atoms in total. The highest BCUT2D eigenvalue weighted by Crippen LogP contribution is 2.23. The van der Waals surface area contributed by atoms with Crippen LogP contribution in [0.15, 0.2) is 29.1 Å². The molecule has 3 rings (SSSR count). The Kier molecular flexibility index (Phi) is 4.17. The van der Waals surface area contributed by atoms with E-state index in [1.165, 1.54) is 0 Å². The Hall–Kier alpha value is -2.21. The first kappa shape index (κ1) is 15.7. The van der Waals surface area contributed by atoms with Gasteiger partial charge in [-0.2, -0.15) is 5.10 Å². The molecule has 0 aliphatic carbocycles. The summed E-state index contributed by atoms with van der Waals surface area (Å²) in [5.74, 6) is 0.235. The van der Waals surface area contributed by atoms with Gasteiger partial charge in [0.2, 0.25) is 5.43 Å². The van der Waals surface area contributed by atoms with Gasteiger partial charge in [0.05, 0.1) is 5.52 Å². The number of nitrogens with zero attached hydrogens (tertiary/aromatic N) is 3. The summed E-state index contributed by atoms with van der Waals surface area (Å²) in [6.07, 6.45) is 1.80. The maximum atomic E-state index is 12.9. The average molecular weight is 314 g/mol. The highest BCUT2D eigenvalue weighted by atomic mass is 16.2. The molecular weight excluding hydrogens is 292 g/mol. The van der Waals surface area contributed by atoms with Crippen LogP contribution in [-0.2, 0) is 7.05 Å². The van der Waals surface area contributed by atoms with Crippen molar-refractivity contribution < 1.29 is 4.79 Å². The fraction of sp³-hybridized carbons (Fsp3) is 0.471. The number of benzene rings is 1. The number of amides is 1. The molecule has 1 aliphatic heterocycles. The summed E-state index contributed by atoms with van der Waals surface area (Å²) >= 11 is 0. The summed E-state index contributed by atoms with van der Waals surface area (Å²) in [5, 5.41) is 4.75. The summed E-state index contributed by atoms with van der Waals surface area (Å²) in [7, 11) is 1.75. The molecule has 0 spiro atoms. The molecule has 1 aromatic carbocycles. The predicted octanol–water partition coefficient (Wildman–Crippen LogP) is 1.13. The van der Waals surface area contributed by atoms with E-state index in [-0.39, 0.29) is 23.1 Å². The molecule has 122 valence electrons. The third-order valence-corrected chi connectivity index (χ3v) is 4.68. The number of aromatic nitrogens is 2. The van der Waals surface area contributed by atoms with Crippen LogP contribution in [0.5, 0.6) is 0 Å². The summed E-state index contributed by atoms with van der Waals surface area (Å²) in [4.78, 5) is 27.3. The van der Waals surface area contributed by atoms with Gasteiger partial charge < -0.3 is 10.6 Å². The van der Waals surface area contributed by atoms with Gasteiger partial charge >= 0.3 is 0 Å².